The Kier molecular flexibility index (Phi) is 4.60. The van der Waals surface area contributed by atoms with E-state index in [0.29, 0.717) is 11.5 Å². The molecule has 0 radical (unpaired) electrons. The van der Waals surface area contributed by atoms with Crippen molar-refractivity contribution < 1.29 is 5.11 Å². The third-order valence-corrected chi connectivity index (χ3v) is 2.98. The van der Waals surface area contributed by atoms with Crippen molar-refractivity contribution in [3.05, 3.63) is 0 Å². The van der Waals surface area contributed by atoms with Gasteiger partial charge < -0.3 is 10.4 Å². The van der Waals surface area contributed by atoms with Crippen LogP contribution in [0.15, 0.2) is 0 Å². The summed E-state index contributed by atoms with van der Waals surface area (Å²) in [6.45, 7) is 9.17. The van der Waals surface area contributed by atoms with Gasteiger partial charge in [0.25, 0.3) is 0 Å². The van der Waals surface area contributed by atoms with Gasteiger partial charge >= 0.3 is 0 Å². The topological polar surface area (TPSA) is 32.3 Å². The van der Waals surface area contributed by atoms with Gasteiger partial charge in [0, 0.05) is 12.1 Å². The molecule has 0 saturated heterocycles. The Hall–Kier alpha value is -0.0800. The maximum Gasteiger partial charge on any atom is 0.0584 e. The monoisotopic (exact) mass is 213 g/mol. The molecule has 2 N–H and O–H groups in total. The largest absolute Gasteiger partial charge is 0.395 e. The minimum absolute atomic E-state index is 0.256. The highest BCUT2D eigenvalue weighted by Crippen LogP contribution is 2.33. The third kappa shape index (κ3) is 6.16. The molecule has 0 aromatic carbocycles. The summed E-state index contributed by atoms with van der Waals surface area (Å²) in [4.78, 5) is 0. The standard InChI is InChI=1S/C13H27NO/c1-10(7-11-5-6-11)14-12(9-15)8-13(2,3)4/h10-12,14-15H,5-9H2,1-4H3. The summed E-state index contributed by atoms with van der Waals surface area (Å²) in [7, 11) is 0. The van der Waals surface area contributed by atoms with Crippen molar-refractivity contribution in [3.63, 3.8) is 0 Å². The van der Waals surface area contributed by atoms with Gasteiger partial charge in [0.1, 0.15) is 0 Å². The van der Waals surface area contributed by atoms with E-state index in [1.165, 1.54) is 19.3 Å². The van der Waals surface area contributed by atoms with E-state index in [2.05, 4.69) is 33.0 Å². The second-order valence-electron chi connectivity index (χ2n) is 6.39. The van der Waals surface area contributed by atoms with Crippen LogP contribution in [0.25, 0.3) is 0 Å². The maximum absolute atomic E-state index is 9.33. The Bertz CT molecular complexity index is 181. The lowest BCUT2D eigenvalue weighted by Crippen LogP contribution is -2.41. The molecular formula is C13H27NO. The van der Waals surface area contributed by atoms with Crippen LogP contribution in [0.4, 0.5) is 0 Å². The summed E-state index contributed by atoms with van der Waals surface area (Å²) >= 11 is 0. The normalized spacial score (nSPS) is 21.4. The van der Waals surface area contributed by atoms with Gasteiger partial charge in [-0.2, -0.15) is 0 Å². The fourth-order valence-corrected chi connectivity index (χ4v) is 2.24. The Morgan fingerprint density at radius 3 is 2.33 bits per heavy atom. The molecule has 1 aliphatic carbocycles. The first-order valence-corrected chi connectivity index (χ1v) is 6.27. The summed E-state index contributed by atoms with van der Waals surface area (Å²) in [6.07, 6.45) is 5.14. The number of hydrogen-bond acceptors (Lipinski definition) is 2. The van der Waals surface area contributed by atoms with Gasteiger partial charge in [-0.25, -0.2) is 0 Å². The van der Waals surface area contributed by atoms with Crippen LogP contribution in [0.2, 0.25) is 0 Å². The van der Waals surface area contributed by atoms with Crippen LogP contribution in [0.1, 0.15) is 53.4 Å². The summed E-state index contributed by atoms with van der Waals surface area (Å²) < 4.78 is 0. The van der Waals surface area contributed by atoms with E-state index in [1.54, 1.807) is 0 Å². The van der Waals surface area contributed by atoms with Crippen LogP contribution in [-0.2, 0) is 0 Å². The molecule has 1 aliphatic rings. The Balaban J connectivity index is 2.24. The van der Waals surface area contributed by atoms with E-state index >= 15 is 0 Å². The van der Waals surface area contributed by atoms with Crippen molar-refractivity contribution >= 4 is 0 Å². The Labute approximate surface area is 94.5 Å². The molecule has 1 rings (SSSR count). The number of aliphatic hydroxyl groups excluding tert-OH is 1. The predicted octanol–water partition coefficient (Wildman–Crippen LogP) is 2.56. The molecule has 0 aromatic rings. The SMILES string of the molecule is CC(CC1CC1)NC(CO)CC(C)(C)C. The van der Waals surface area contributed by atoms with Gasteiger partial charge in [0.05, 0.1) is 6.61 Å². The van der Waals surface area contributed by atoms with Crippen molar-refractivity contribution in [2.24, 2.45) is 11.3 Å². The molecule has 0 bridgehead atoms. The average molecular weight is 213 g/mol. The molecule has 0 aliphatic heterocycles. The fraction of sp³-hybridized carbons (Fsp3) is 1.00. The first kappa shape index (κ1) is 13.0. The zero-order chi connectivity index (χ0) is 11.5. The summed E-state index contributed by atoms with van der Waals surface area (Å²) in [5.41, 5.74) is 0.291. The summed E-state index contributed by atoms with van der Waals surface area (Å²) in [6, 6.07) is 0.816. The molecule has 2 nitrogen and oxygen atoms in total. The van der Waals surface area contributed by atoms with E-state index in [1.807, 2.05) is 0 Å². The number of rotatable bonds is 6. The van der Waals surface area contributed by atoms with Crippen molar-refractivity contribution in [1.82, 2.24) is 5.32 Å². The average Bonchev–Trinajstić information content (AvgIpc) is 2.84. The molecular weight excluding hydrogens is 186 g/mol. The minimum atomic E-state index is 0.256. The zero-order valence-electron chi connectivity index (χ0n) is 10.7. The van der Waals surface area contributed by atoms with Crippen molar-refractivity contribution in [1.29, 1.82) is 0 Å². The van der Waals surface area contributed by atoms with Crippen LogP contribution in [0.5, 0.6) is 0 Å². The molecule has 15 heavy (non-hydrogen) atoms. The van der Waals surface area contributed by atoms with E-state index < -0.39 is 0 Å². The van der Waals surface area contributed by atoms with Gasteiger partial charge in [-0.1, -0.05) is 33.6 Å². The first-order valence-electron chi connectivity index (χ1n) is 6.27. The molecule has 2 atom stereocenters. The quantitative estimate of drug-likeness (QED) is 0.711. The molecule has 2 heteroatoms. The molecule has 0 spiro atoms. The van der Waals surface area contributed by atoms with Gasteiger partial charge in [-0.05, 0) is 31.1 Å². The molecule has 1 fully saturated rings. The first-order chi connectivity index (χ1) is 6.90. The second-order valence-corrected chi connectivity index (χ2v) is 6.39. The molecule has 0 amide bonds. The van der Waals surface area contributed by atoms with Crippen LogP contribution in [-0.4, -0.2) is 23.8 Å². The van der Waals surface area contributed by atoms with E-state index in [0.717, 1.165) is 12.3 Å². The highest BCUT2D eigenvalue weighted by Gasteiger charge is 2.25. The molecule has 1 saturated carbocycles. The van der Waals surface area contributed by atoms with E-state index in [-0.39, 0.29) is 12.6 Å². The fourth-order valence-electron chi connectivity index (χ4n) is 2.24. The summed E-state index contributed by atoms with van der Waals surface area (Å²) in [5, 5.41) is 12.9. The summed E-state index contributed by atoms with van der Waals surface area (Å²) in [5.74, 6) is 0.960. The third-order valence-electron chi connectivity index (χ3n) is 2.98. The highest BCUT2D eigenvalue weighted by atomic mass is 16.3. The number of aliphatic hydroxyl groups is 1. The highest BCUT2D eigenvalue weighted by molar-refractivity contribution is 4.81. The molecule has 90 valence electrons. The Morgan fingerprint density at radius 2 is 1.93 bits per heavy atom. The van der Waals surface area contributed by atoms with Crippen molar-refractivity contribution in [2.45, 2.75) is 65.5 Å². The molecule has 0 heterocycles. The van der Waals surface area contributed by atoms with Gasteiger partial charge in [-0.15, -0.1) is 0 Å². The van der Waals surface area contributed by atoms with E-state index in [4.69, 9.17) is 0 Å². The van der Waals surface area contributed by atoms with Crippen LogP contribution >= 0.6 is 0 Å². The maximum atomic E-state index is 9.33. The van der Waals surface area contributed by atoms with Crippen LogP contribution < -0.4 is 5.32 Å². The molecule has 0 aromatic heterocycles. The Morgan fingerprint density at radius 1 is 1.33 bits per heavy atom. The number of nitrogens with one attached hydrogen (secondary N) is 1. The van der Waals surface area contributed by atoms with Crippen molar-refractivity contribution in [3.8, 4) is 0 Å². The smallest absolute Gasteiger partial charge is 0.0584 e. The van der Waals surface area contributed by atoms with Gasteiger partial charge in [0.2, 0.25) is 0 Å². The van der Waals surface area contributed by atoms with Gasteiger partial charge in [0.15, 0.2) is 0 Å². The van der Waals surface area contributed by atoms with Crippen LogP contribution in [0, 0.1) is 11.3 Å². The van der Waals surface area contributed by atoms with Gasteiger partial charge in [-0.3, -0.25) is 0 Å². The van der Waals surface area contributed by atoms with Crippen LogP contribution in [0.3, 0.4) is 0 Å². The minimum Gasteiger partial charge on any atom is -0.395 e. The lowest BCUT2D eigenvalue weighted by molar-refractivity contribution is 0.187. The second kappa shape index (κ2) is 5.31. The lowest BCUT2D eigenvalue weighted by atomic mass is 9.88. The number of hydrogen-bond donors (Lipinski definition) is 2. The zero-order valence-corrected chi connectivity index (χ0v) is 10.7. The molecule has 2 unspecified atom stereocenters. The van der Waals surface area contributed by atoms with Crippen molar-refractivity contribution in [2.75, 3.05) is 6.61 Å². The lowest BCUT2D eigenvalue weighted by Gasteiger charge is -2.28. The van der Waals surface area contributed by atoms with E-state index in [9.17, 15) is 5.11 Å². The predicted molar refractivity (Wildman–Crippen MR) is 64.9 cm³/mol.